The van der Waals surface area contributed by atoms with Crippen LogP contribution in [0, 0.1) is 27.9 Å². The van der Waals surface area contributed by atoms with Gasteiger partial charge in [-0.2, -0.15) is 0 Å². The monoisotopic (exact) mass is 386 g/mol. The summed E-state index contributed by atoms with van der Waals surface area (Å²) in [5, 5.41) is 17.6. The Bertz CT molecular complexity index is 761. The molecule has 152 valence electrons. The number of nitro groups is 1. The van der Waals surface area contributed by atoms with Gasteiger partial charge in [-0.3, -0.25) is 14.9 Å². The average Bonchev–Trinajstić information content (AvgIpc) is 2.96. The third kappa shape index (κ3) is 3.54. The van der Waals surface area contributed by atoms with E-state index in [0.717, 1.165) is 44.5 Å². The quantitative estimate of drug-likeness (QED) is 0.594. The van der Waals surface area contributed by atoms with Crippen molar-refractivity contribution in [3.63, 3.8) is 0 Å². The smallest absolute Gasteiger partial charge is 0.293 e. The molecule has 1 saturated heterocycles. The molecule has 28 heavy (non-hydrogen) atoms. The molecule has 7 heteroatoms. The molecule has 0 spiro atoms. The van der Waals surface area contributed by atoms with Crippen LogP contribution in [-0.2, 0) is 0 Å². The number of nitro benzene ring substituents is 1. The van der Waals surface area contributed by atoms with E-state index in [4.69, 9.17) is 0 Å². The Hall–Kier alpha value is -2.31. The second-order valence-electron chi connectivity index (χ2n) is 8.83. The number of amides is 1. The molecule has 4 rings (SSSR count). The van der Waals surface area contributed by atoms with Crippen molar-refractivity contribution in [3.05, 3.63) is 27.8 Å². The van der Waals surface area contributed by atoms with E-state index in [0.29, 0.717) is 29.0 Å². The fourth-order valence-corrected chi connectivity index (χ4v) is 5.00. The van der Waals surface area contributed by atoms with Crippen molar-refractivity contribution in [1.82, 2.24) is 5.32 Å². The summed E-state index contributed by atoms with van der Waals surface area (Å²) in [6.07, 6.45) is 6.68. The lowest BCUT2D eigenvalue weighted by Crippen LogP contribution is -2.38. The topological polar surface area (TPSA) is 87.5 Å². The van der Waals surface area contributed by atoms with Crippen molar-refractivity contribution < 1.29 is 9.72 Å². The predicted molar refractivity (Wildman–Crippen MR) is 110 cm³/mol. The third-order valence-electron chi connectivity index (χ3n) is 7.00. The van der Waals surface area contributed by atoms with E-state index in [9.17, 15) is 14.9 Å². The van der Waals surface area contributed by atoms with E-state index >= 15 is 0 Å². The SMILES string of the molecule is CNc1cc(N2CC3CCC3C2)c(C(=O)N[C@H]2CC[C@H](C)CC2)cc1[N+](=O)[O-]. The molecule has 1 amide bonds. The van der Waals surface area contributed by atoms with Crippen molar-refractivity contribution in [2.45, 2.75) is 51.5 Å². The van der Waals surface area contributed by atoms with Crippen molar-refractivity contribution in [2.75, 3.05) is 30.4 Å². The summed E-state index contributed by atoms with van der Waals surface area (Å²) in [6, 6.07) is 3.41. The first kappa shape index (κ1) is 19.0. The first-order valence-corrected chi connectivity index (χ1v) is 10.5. The Kier molecular flexibility index (Phi) is 5.17. The Morgan fingerprint density at radius 1 is 1.11 bits per heavy atom. The van der Waals surface area contributed by atoms with Gasteiger partial charge < -0.3 is 15.5 Å². The largest absolute Gasteiger partial charge is 0.383 e. The van der Waals surface area contributed by atoms with Gasteiger partial charge in [0, 0.05) is 32.2 Å². The molecule has 0 aromatic heterocycles. The minimum absolute atomic E-state index is 0.0455. The maximum absolute atomic E-state index is 13.1. The van der Waals surface area contributed by atoms with Gasteiger partial charge in [0.1, 0.15) is 5.69 Å². The highest BCUT2D eigenvalue weighted by Gasteiger charge is 2.40. The molecule has 2 saturated carbocycles. The molecule has 1 aromatic rings. The summed E-state index contributed by atoms with van der Waals surface area (Å²) in [5.74, 6) is 1.92. The van der Waals surface area contributed by atoms with Crippen LogP contribution in [0.1, 0.15) is 55.8 Å². The molecule has 2 aliphatic carbocycles. The van der Waals surface area contributed by atoms with Gasteiger partial charge in [0.05, 0.1) is 16.2 Å². The fraction of sp³-hybridized carbons (Fsp3) is 0.667. The zero-order valence-corrected chi connectivity index (χ0v) is 16.7. The van der Waals surface area contributed by atoms with E-state index in [1.54, 1.807) is 13.1 Å². The molecule has 1 aliphatic heterocycles. The van der Waals surface area contributed by atoms with E-state index in [2.05, 4.69) is 22.5 Å². The Morgan fingerprint density at radius 2 is 1.75 bits per heavy atom. The minimum atomic E-state index is -0.414. The van der Waals surface area contributed by atoms with Gasteiger partial charge in [-0.25, -0.2) is 0 Å². The summed E-state index contributed by atoms with van der Waals surface area (Å²) in [4.78, 5) is 26.5. The molecule has 3 aliphatic rings. The van der Waals surface area contributed by atoms with Crippen LogP contribution in [0.25, 0.3) is 0 Å². The van der Waals surface area contributed by atoms with Crippen LogP contribution in [0.3, 0.4) is 0 Å². The molecular weight excluding hydrogens is 356 g/mol. The number of benzene rings is 1. The van der Waals surface area contributed by atoms with E-state index in [1.807, 2.05) is 0 Å². The second kappa shape index (κ2) is 7.60. The van der Waals surface area contributed by atoms with Crippen molar-refractivity contribution in [3.8, 4) is 0 Å². The van der Waals surface area contributed by atoms with E-state index in [-0.39, 0.29) is 17.6 Å². The molecule has 0 radical (unpaired) electrons. The number of fused-ring (bicyclic) bond motifs is 1. The van der Waals surface area contributed by atoms with Crippen LogP contribution in [0.5, 0.6) is 0 Å². The van der Waals surface area contributed by atoms with Crippen LogP contribution >= 0.6 is 0 Å². The van der Waals surface area contributed by atoms with Crippen LogP contribution in [0.2, 0.25) is 0 Å². The molecule has 2 N–H and O–H groups in total. The summed E-state index contributed by atoms with van der Waals surface area (Å²) >= 11 is 0. The van der Waals surface area contributed by atoms with Gasteiger partial charge in [-0.1, -0.05) is 6.92 Å². The van der Waals surface area contributed by atoms with E-state index in [1.165, 1.54) is 18.9 Å². The van der Waals surface area contributed by atoms with Crippen LogP contribution in [0.4, 0.5) is 17.1 Å². The Morgan fingerprint density at radius 3 is 2.29 bits per heavy atom. The van der Waals surface area contributed by atoms with Crippen LogP contribution in [0.15, 0.2) is 12.1 Å². The number of anilines is 2. The number of nitrogens with zero attached hydrogens (tertiary/aromatic N) is 2. The number of hydrogen-bond donors (Lipinski definition) is 2. The number of hydrogen-bond acceptors (Lipinski definition) is 5. The number of carbonyl (C=O) groups is 1. The highest BCUT2D eigenvalue weighted by atomic mass is 16.6. The third-order valence-corrected chi connectivity index (χ3v) is 7.00. The van der Waals surface area contributed by atoms with Gasteiger partial charge in [0.15, 0.2) is 0 Å². The standard InChI is InChI=1S/C21H30N4O3/c1-13-3-7-16(8-4-13)23-21(26)17-9-20(25(27)28)18(22-2)10-19(17)24-11-14-5-6-15(14)12-24/h9-10,13-16,22H,3-8,11-12H2,1-2H3,(H,23,26)/t13-,14?,15?,16-. The number of rotatable bonds is 5. The first-order chi connectivity index (χ1) is 13.5. The maximum Gasteiger partial charge on any atom is 0.293 e. The van der Waals surface area contributed by atoms with Gasteiger partial charge in [0.25, 0.3) is 11.6 Å². The fourth-order valence-electron chi connectivity index (χ4n) is 5.00. The molecule has 3 fully saturated rings. The van der Waals surface area contributed by atoms with Crippen molar-refractivity contribution in [1.29, 1.82) is 0 Å². The maximum atomic E-state index is 13.1. The lowest BCUT2D eigenvalue weighted by molar-refractivity contribution is -0.383. The Balaban J connectivity index is 1.63. The lowest BCUT2D eigenvalue weighted by atomic mass is 9.77. The summed E-state index contributed by atoms with van der Waals surface area (Å²) in [7, 11) is 1.68. The second-order valence-corrected chi connectivity index (χ2v) is 8.83. The molecule has 2 atom stereocenters. The normalized spacial score (nSPS) is 29.0. The molecule has 1 heterocycles. The van der Waals surface area contributed by atoms with Gasteiger partial charge in [-0.05, 0) is 62.3 Å². The molecule has 0 bridgehead atoms. The van der Waals surface area contributed by atoms with Crippen LogP contribution in [-0.4, -0.2) is 37.0 Å². The van der Waals surface area contributed by atoms with Crippen molar-refractivity contribution >= 4 is 23.0 Å². The highest BCUT2D eigenvalue weighted by molar-refractivity contribution is 6.02. The summed E-state index contributed by atoms with van der Waals surface area (Å²) in [5.41, 5.74) is 1.68. The van der Waals surface area contributed by atoms with Crippen LogP contribution < -0.4 is 15.5 Å². The average molecular weight is 386 g/mol. The van der Waals surface area contributed by atoms with Gasteiger partial charge in [0.2, 0.25) is 0 Å². The van der Waals surface area contributed by atoms with E-state index < -0.39 is 4.92 Å². The zero-order valence-electron chi connectivity index (χ0n) is 16.7. The highest BCUT2D eigenvalue weighted by Crippen LogP contribution is 2.44. The minimum Gasteiger partial charge on any atom is -0.383 e. The number of carbonyl (C=O) groups excluding carboxylic acids is 1. The zero-order chi connectivity index (χ0) is 19.8. The lowest BCUT2D eigenvalue weighted by Gasteiger charge is -2.28. The number of nitrogens with one attached hydrogen (secondary N) is 2. The Labute approximate surface area is 166 Å². The molecule has 7 nitrogen and oxygen atoms in total. The summed E-state index contributed by atoms with van der Waals surface area (Å²) < 4.78 is 0. The molecule has 1 aromatic carbocycles. The summed E-state index contributed by atoms with van der Waals surface area (Å²) in [6.45, 7) is 4.12. The molecule has 2 unspecified atom stereocenters. The van der Waals surface area contributed by atoms with Gasteiger partial charge >= 0.3 is 0 Å². The first-order valence-electron chi connectivity index (χ1n) is 10.5. The van der Waals surface area contributed by atoms with Crippen molar-refractivity contribution in [2.24, 2.45) is 17.8 Å². The molecular formula is C21H30N4O3. The predicted octanol–water partition coefficient (Wildman–Crippen LogP) is 3.79. The van der Waals surface area contributed by atoms with Gasteiger partial charge in [-0.15, -0.1) is 0 Å².